The molecule has 1 N–H and O–H groups in total. The zero-order valence-electron chi connectivity index (χ0n) is 11.8. The summed E-state index contributed by atoms with van der Waals surface area (Å²) in [5, 5.41) is 17.9. The Balaban J connectivity index is 2.06. The van der Waals surface area contributed by atoms with E-state index in [-0.39, 0.29) is 5.54 Å². The topological polar surface area (TPSA) is 53.6 Å². The van der Waals surface area contributed by atoms with Crippen molar-refractivity contribution in [3.63, 3.8) is 0 Å². The number of nitrogens with one attached hydrogen (secondary N) is 1. The van der Waals surface area contributed by atoms with Crippen LogP contribution in [-0.2, 0) is 6.54 Å². The van der Waals surface area contributed by atoms with Gasteiger partial charge < -0.3 is 5.32 Å². The molecule has 2 unspecified atom stereocenters. The third kappa shape index (κ3) is 2.50. The summed E-state index contributed by atoms with van der Waals surface area (Å²) in [5.41, 5.74) is 1.55. The second kappa shape index (κ2) is 5.52. The van der Waals surface area contributed by atoms with Crippen LogP contribution in [-0.4, -0.2) is 22.4 Å². The van der Waals surface area contributed by atoms with E-state index in [0.29, 0.717) is 5.92 Å². The van der Waals surface area contributed by atoms with Crippen LogP contribution >= 0.6 is 11.6 Å². The van der Waals surface area contributed by atoms with Crippen molar-refractivity contribution in [2.24, 2.45) is 5.92 Å². The maximum atomic E-state index is 9.43. The number of aromatic nitrogens is 2. The van der Waals surface area contributed by atoms with E-state index in [2.05, 4.69) is 16.5 Å². The minimum absolute atomic E-state index is 0.347. The van der Waals surface area contributed by atoms with E-state index in [1.807, 2.05) is 25.6 Å². The van der Waals surface area contributed by atoms with E-state index in [1.54, 1.807) is 0 Å². The van der Waals surface area contributed by atoms with Gasteiger partial charge in [0.05, 0.1) is 22.5 Å². The van der Waals surface area contributed by atoms with Crippen molar-refractivity contribution in [3.05, 3.63) is 16.4 Å². The molecule has 5 heteroatoms. The van der Waals surface area contributed by atoms with Gasteiger partial charge in [-0.15, -0.1) is 0 Å². The highest BCUT2D eigenvalue weighted by molar-refractivity contribution is 6.31. The number of halogens is 1. The molecule has 104 valence electrons. The molecule has 0 aliphatic heterocycles. The van der Waals surface area contributed by atoms with Crippen molar-refractivity contribution in [2.45, 2.75) is 51.6 Å². The first kappa shape index (κ1) is 14.4. The van der Waals surface area contributed by atoms with Crippen molar-refractivity contribution >= 4 is 11.6 Å². The van der Waals surface area contributed by atoms with Crippen LogP contribution in [0.25, 0.3) is 0 Å². The quantitative estimate of drug-likeness (QED) is 0.923. The first-order chi connectivity index (χ1) is 9.04. The second-order valence-corrected chi connectivity index (χ2v) is 5.80. The molecule has 1 aromatic heterocycles. The Morgan fingerprint density at radius 1 is 1.58 bits per heavy atom. The number of hydrogen-bond donors (Lipinski definition) is 1. The fourth-order valence-electron chi connectivity index (χ4n) is 3.17. The SMILES string of the molecule is CNC1(C#N)CCCC1CCn1nc(C)c(Cl)c1C. The molecule has 0 saturated heterocycles. The largest absolute Gasteiger partial charge is 0.302 e. The van der Waals surface area contributed by atoms with E-state index in [1.165, 1.54) is 0 Å². The summed E-state index contributed by atoms with van der Waals surface area (Å²) >= 11 is 6.16. The molecule has 0 spiro atoms. The van der Waals surface area contributed by atoms with Gasteiger partial charge in [0.1, 0.15) is 5.54 Å². The van der Waals surface area contributed by atoms with Gasteiger partial charge in [-0.05, 0) is 46.1 Å². The van der Waals surface area contributed by atoms with Gasteiger partial charge in [0.2, 0.25) is 0 Å². The molecule has 1 aromatic rings. The average molecular weight is 281 g/mol. The first-order valence-corrected chi connectivity index (χ1v) is 7.21. The van der Waals surface area contributed by atoms with E-state index in [0.717, 1.165) is 48.6 Å². The van der Waals surface area contributed by atoms with Crippen molar-refractivity contribution in [1.29, 1.82) is 5.26 Å². The predicted molar refractivity (Wildman–Crippen MR) is 76.1 cm³/mol. The number of nitrogens with zero attached hydrogens (tertiary/aromatic N) is 3. The summed E-state index contributed by atoms with van der Waals surface area (Å²) in [6.45, 7) is 4.75. The summed E-state index contributed by atoms with van der Waals surface area (Å²) < 4.78 is 1.97. The number of nitriles is 1. The van der Waals surface area contributed by atoms with Gasteiger partial charge in [-0.2, -0.15) is 10.4 Å². The van der Waals surface area contributed by atoms with Crippen LogP contribution in [0.5, 0.6) is 0 Å². The molecule has 1 saturated carbocycles. The van der Waals surface area contributed by atoms with Gasteiger partial charge in [0, 0.05) is 6.54 Å². The van der Waals surface area contributed by atoms with Crippen molar-refractivity contribution in [3.8, 4) is 6.07 Å². The molecule has 1 fully saturated rings. The standard InChI is InChI=1S/C14H21ClN4/c1-10-13(15)11(2)19(18-10)8-6-12-5-4-7-14(12,9-16)17-3/h12,17H,4-8H2,1-3H3. The fraction of sp³-hybridized carbons (Fsp3) is 0.714. The molecule has 2 rings (SSSR count). The van der Waals surface area contributed by atoms with Crippen molar-refractivity contribution in [1.82, 2.24) is 15.1 Å². The molecular weight excluding hydrogens is 260 g/mol. The minimum Gasteiger partial charge on any atom is -0.302 e. The average Bonchev–Trinajstić information content (AvgIpc) is 2.94. The molecular formula is C14H21ClN4. The molecule has 0 amide bonds. The smallest absolute Gasteiger partial charge is 0.109 e. The van der Waals surface area contributed by atoms with Crippen LogP contribution in [0.1, 0.15) is 37.1 Å². The zero-order valence-corrected chi connectivity index (χ0v) is 12.6. The summed E-state index contributed by atoms with van der Waals surface area (Å²) in [7, 11) is 1.89. The van der Waals surface area contributed by atoms with Gasteiger partial charge in [-0.3, -0.25) is 4.68 Å². The Hall–Kier alpha value is -1.05. The van der Waals surface area contributed by atoms with E-state index in [4.69, 9.17) is 11.6 Å². The van der Waals surface area contributed by atoms with Gasteiger partial charge in [0.15, 0.2) is 0 Å². The molecule has 19 heavy (non-hydrogen) atoms. The maximum absolute atomic E-state index is 9.43. The molecule has 4 nitrogen and oxygen atoms in total. The van der Waals surface area contributed by atoms with Crippen molar-refractivity contribution in [2.75, 3.05) is 7.05 Å². The predicted octanol–water partition coefficient (Wildman–Crippen LogP) is 2.83. The minimum atomic E-state index is -0.347. The molecule has 0 aromatic carbocycles. The lowest BCUT2D eigenvalue weighted by Crippen LogP contribution is -2.45. The Morgan fingerprint density at radius 2 is 2.32 bits per heavy atom. The summed E-state index contributed by atoms with van der Waals surface area (Å²) in [6, 6.07) is 2.48. The zero-order chi connectivity index (χ0) is 14.0. The monoisotopic (exact) mass is 280 g/mol. The van der Waals surface area contributed by atoms with Crippen LogP contribution in [0, 0.1) is 31.1 Å². The third-order valence-electron chi connectivity index (χ3n) is 4.45. The highest BCUT2D eigenvalue weighted by Crippen LogP contribution is 2.37. The lowest BCUT2D eigenvalue weighted by molar-refractivity contribution is 0.302. The normalized spacial score (nSPS) is 26.6. The van der Waals surface area contributed by atoms with Gasteiger partial charge in [0.25, 0.3) is 0 Å². The van der Waals surface area contributed by atoms with Crippen molar-refractivity contribution < 1.29 is 0 Å². The van der Waals surface area contributed by atoms with E-state index < -0.39 is 0 Å². The number of hydrogen-bond acceptors (Lipinski definition) is 3. The first-order valence-electron chi connectivity index (χ1n) is 6.83. The van der Waals surface area contributed by atoms with E-state index >= 15 is 0 Å². The molecule has 1 aliphatic carbocycles. The van der Waals surface area contributed by atoms with Gasteiger partial charge in [-0.25, -0.2) is 0 Å². The van der Waals surface area contributed by atoms with Crippen LogP contribution in [0.4, 0.5) is 0 Å². The Kier molecular flexibility index (Phi) is 4.17. The number of aryl methyl sites for hydroxylation is 2. The maximum Gasteiger partial charge on any atom is 0.109 e. The van der Waals surface area contributed by atoms with Crippen LogP contribution in [0.15, 0.2) is 0 Å². The highest BCUT2D eigenvalue weighted by Gasteiger charge is 2.41. The van der Waals surface area contributed by atoms with Gasteiger partial charge in [-0.1, -0.05) is 18.0 Å². The lowest BCUT2D eigenvalue weighted by Gasteiger charge is -2.28. The molecule has 0 bridgehead atoms. The fourth-order valence-corrected chi connectivity index (χ4v) is 3.31. The Morgan fingerprint density at radius 3 is 2.84 bits per heavy atom. The summed E-state index contributed by atoms with van der Waals surface area (Å²) in [5.74, 6) is 0.394. The van der Waals surface area contributed by atoms with Crippen LogP contribution in [0.3, 0.4) is 0 Å². The lowest BCUT2D eigenvalue weighted by atomic mass is 9.86. The molecule has 2 atom stereocenters. The molecule has 0 radical (unpaired) electrons. The third-order valence-corrected chi connectivity index (χ3v) is 5.00. The molecule has 1 heterocycles. The van der Waals surface area contributed by atoms with Crippen LogP contribution < -0.4 is 5.32 Å². The number of rotatable bonds is 4. The van der Waals surface area contributed by atoms with Gasteiger partial charge >= 0.3 is 0 Å². The highest BCUT2D eigenvalue weighted by atomic mass is 35.5. The van der Waals surface area contributed by atoms with Crippen LogP contribution in [0.2, 0.25) is 5.02 Å². The molecule has 1 aliphatic rings. The summed E-state index contributed by atoms with van der Waals surface area (Å²) in [6.07, 6.45) is 4.15. The summed E-state index contributed by atoms with van der Waals surface area (Å²) in [4.78, 5) is 0. The Labute approximate surface area is 119 Å². The van der Waals surface area contributed by atoms with E-state index in [9.17, 15) is 5.26 Å². The Bertz CT molecular complexity index is 502. The second-order valence-electron chi connectivity index (χ2n) is 5.42.